The van der Waals surface area contributed by atoms with Crippen molar-refractivity contribution in [3.05, 3.63) is 0 Å². The molecule has 1 nitrogen and oxygen atoms in total. The Morgan fingerprint density at radius 2 is 0.800 bits per heavy atom. The van der Waals surface area contributed by atoms with Crippen LogP contribution < -0.4 is 0 Å². The van der Waals surface area contributed by atoms with Gasteiger partial charge in [0.15, 0.2) is 0 Å². The third kappa shape index (κ3) is 3.89. The van der Waals surface area contributed by atoms with E-state index in [-0.39, 0.29) is 0 Å². The molecule has 0 heterocycles. The third-order valence-electron chi connectivity index (χ3n) is 0.916. The Hall–Kier alpha value is 0.700. The molecule has 0 radical (unpaired) electrons. The molecule has 2 atom stereocenters. The number of alkyl halides is 10. The van der Waals surface area contributed by atoms with E-state index < -0.39 is 21.4 Å². The summed E-state index contributed by atoms with van der Waals surface area (Å²) in [5, 5.41) is -19.6. The van der Waals surface area contributed by atoms with E-state index >= 15 is 0 Å². The Morgan fingerprint density at radius 3 is 0.933 bits per heavy atom. The maximum Gasteiger partial charge on any atom is 0.394 e. The summed E-state index contributed by atoms with van der Waals surface area (Å²) in [6.07, 6.45) is 0. The number of rotatable bonds is 4. The minimum atomic E-state index is -5.00. The fraction of sp³-hybridized carbons (Fsp3) is 1.00. The average molecular weight is 320 g/mol. The van der Waals surface area contributed by atoms with Gasteiger partial charge in [-0.25, -0.2) is 0 Å². The second-order valence-electron chi connectivity index (χ2n) is 2.13. The van der Waals surface area contributed by atoms with E-state index in [2.05, 4.69) is 51.1 Å². The van der Waals surface area contributed by atoms with Crippen LogP contribution in [0.25, 0.3) is 0 Å². The molecule has 0 aliphatic heterocycles. The summed E-state index contributed by atoms with van der Waals surface area (Å²) in [5.74, 6) is 0. The summed E-state index contributed by atoms with van der Waals surface area (Å²) in [6.45, 7) is 0. The standard InChI is InChI=1S/C4Cl4F6O/c5-1(9,10)3(7,13)15-4(8,14)2(6,11)12. The zero-order chi connectivity index (χ0) is 12.7. The predicted molar refractivity (Wildman–Crippen MR) is 42.1 cm³/mol. The first-order valence-electron chi connectivity index (χ1n) is 2.80. The molecule has 0 N–H and O–H groups in total. The van der Waals surface area contributed by atoms with E-state index in [4.69, 9.17) is 0 Å². The van der Waals surface area contributed by atoms with Gasteiger partial charge in [-0.05, 0) is 46.4 Å². The lowest BCUT2D eigenvalue weighted by atomic mass is 10.6. The van der Waals surface area contributed by atoms with Crippen molar-refractivity contribution in [2.75, 3.05) is 0 Å². The molecule has 11 heteroatoms. The molecule has 0 fully saturated rings. The normalized spacial score (nSPS) is 22.0. The molecule has 15 heavy (non-hydrogen) atoms. The van der Waals surface area contributed by atoms with Crippen molar-refractivity contribution in [2.24, 2.45) is 0 Å². The highest BCUT2D eigenvalue weighted by Gasteiger charge is 2.65. The fourth-order valence-corrected chi connectivity index (χ4v) is 0.606. The van der Waals surface area contributed by atoms with Gasteiger partial charge in [0.25, 0.3) is 0 Å². The van der Waals surface area contributed by atoms with Crippen LogP contribution in [0, 0.1) is 0 Å². The SMILES string of the molecule is FC(F)(Cl)C(F)(Cl)OC(F)(Cl)C(F)(F)Cl. The molecule has 0 saturated heterocycles. The zero-order valence-corrected chi connectivity index (χ0v) is 9.21. The molecule has 0 aliphatic carbocycles. The van der Waals surface area contributed by atoms with Gasteiger partial charge in [0.1, 0.15) is 0 Å². The predicted octanol–water partition coefficient (Wildman–Crippen LogP) is 4.39. The molecule has 92 valence electrons. The van der Waals surface area contributed by atoms with E-state index in [9.17, 15) is 26.3 Å². The van der Waals surface area contributed by atoms with E-state index in [0.717, 1.165) is 0 Å². The van der Waals surface area contributed by atoms with Crippen LogP contribution >= 0.6 is 46.4 Å². The highest BCUT2D eigenvalue weighted by Crippen LogP contribution is 2.49. The first-order chi connectivity index (χ1) is 6.21. The average Bonchev–Trinajstić information content (AvgIpc) is 1.77. The number of ether oxygens (including phenoxy) is 1. The van der Waals surface area contributed by atoms with Gasteiger partial charge in [0, 0.05) is 0 Å². The van der Waals surface area contributed by atoms with Crippen LogP contribution in [0.5, 0.6) is 0 Å². The van der Waals surface area contributed by atoms with Crippen molar-refractivity contribution < 1.29 is 31.1 Å². The molecule has 0 aliphatic rings. The van der Waals surface area contributed by atoms with Crippen LogP contribution in [-0.2, 0) is 4.74 Å². The third-order valence-corrected chi connectivity index (χ3v) is 2.22. The minimum Gasteiger partial charge on any atom is -0.271 e. The molecule has 0 aromatic carbocycles. The van der Waals surface area contributed by atoms with Crippen molar-refractivity contribution in [3.63, 3.8) is 0 Å². The molecule has 0 rings (SSSR count). The second-order valence-corrected chi connectivity index (χ2v) is 4.05. The smallest absolute Gasteiger partial charge is 0.271 e. The summed E-state index contributed by atoms with van der Waals surface area (Å²) >= 11 is 16.4. The van der Waals surface area contributed by atoms with Gasteiger partial charge in [-0.1, -0.05) is 0 Å². The first kappa shape index (κ1) is 15.7. The number of hydrogen-bond acceptors (Lipinski definition) is 1. The fourth-order valence-electron chi connectivity index (χ4n) is 0.277. The quantitative estimate of drug-likeness (QED) is 0.551. The monoisotopic (exact) mass is 318 g/mol. The first-order valence-corrected chi connectivity index (χ1v) is 4.31. The van der Waals surface area contributed by atoms with Crippen LogP contribution in [0.3, 0.4) is 0 Å². The van der Waals surface area contributed by atoms with Gasteiger partial charge < -0.3 is 0 Å². The molecule has 0 bridgehead atoms. The Kier molecular flexibility index (Phi) is 4.37. The molecule has 0 amide bonds. The Morgan fingerprint density at radius 1 is 0.600 bits per heavy atom. The Labute approximate surface area is 99.2 Å². The summed E-state index contributed by atoms with van der Waals surface area (Å²) in [4.78, 5) is 0. The molecular weight excluding hydrogens is 320 g/mol. The zero-order valence-electron chi connectivity index (χ0n) is 6.19. The Bertz CT molecular complexity index is 208. The van der Waals surface area contributed by atoms with E-state index in [1.807, 2.05) is 0 Å². The molecule has 0 aromatic rings. The number of halogens is 10. The van der Waals surface area contributed by atoms with Crippen molar-refractivity contribution in [1.82, 2.24) is 0 Å². The topological polar surface area (TPSA) is 9.23 Å². The highest BCUT2D eigenvalue weighted by atomic mass is 35.5. The van der Waals surface area contributed by atoms with Crippen molar-refractivity contribution in [3.8, 4) is 0 Å². The van der Waals surface area contributed by atoms with Crippen LogP contribution in [0.15, 0.2) is 0 Å². The van der Waals surface area contributed by atoms with Crippen LogP contribution in [-0.4, -0.2) is 21.4 Å². The van der Waals surface area contributed by atoms with Gasteiger partial charge in [-0.15, -0.1) is 0 Å². The summed E-state index contributed by atoms with van der Waals surface area (Å²) < 4.78 is 76.1. The molecule has 2 unspecified atom stereocenters. The maximum absolute atomic E-state index is 12.6. The lowest BCUT2D eigenvalue weighted by Gasteiger charge is -2.30. The van der Waals surface area contributed by atoms with E-state index in [0.29, 0.717) is 0 Å². The van der Waals surface area contributed by atoms with Crippen LogP contribution in [0.2, 0.25) is 0 Å². The number of hydrogen-bond donors (Lipinski definition) is 0. The maximum atomic E-state index is 12.6. The van der Waals surface area contributed by atoms with Crippen LogP contribution in [0.4, 0.5) is 26.3 Å². The molecular formula is C4Cl4F6O. The summed E-state index contributed by atoms with van der Waals surface area (Å²) in [5.41, 5.74) is 0. The van der Waals surface area contributed by atoms with Crippen molar-refractivity contribution in [1.29, 1.82) is 0 Å². The lowest BCUT2D eigenvalue weighted by Crippen LogP contribution is -2.48. The van der Waals surface area contributed by atoms with Gasteiger partial charge in [-0.3, -0.25) is 4.74 Å². The second kappa shape index (κ2) is 4.18. The summed E-state index contributed by atoms with van der Waals surface area (Å²) in [6, 6.07) is 0. The molecule has 0 spiro atoms. The van der Waals surface area contributed by atoms with Gasteiger partial charge >= 0.3 is 21.4 Å². The van der Waals surface area contributed by atoms with Gasteiger partial charge in [0.05, 0.1) is 0 Å². The van der Waals surface area contributed by atoms with Gasteiger partial charge in [-0.2, -0.15) is 26.3 Å². The van der Waals surface area contributed by atoms with Crippen molar-refractivity contribution in [2.45, 2.75) is 21.4 Å². The van der Waals surface area contributed by atoms with Crippen molar-refractivity contribution >= 4 is 46.4 Å². The van der Waals surface area contributed by atoms with Crippen LogP contribution in [0.1, 0.15) is 0 Å². The molecule has 0 saturated carbocycles. The largest absolute Gasteiger partial charge is 0.394 e. The highest BCUT2D eigenvalue weighted by molar-refractivity contribution is 6.33. The van der Waals surface area contributed by atoms with E-state index in [1.54, 1.807) is 0 Å². The lowest BCUT2D eigenvalue weighted by molar-refractivity contribution is -0.292. The van der Waals surface area contributed by atoms with E-state index in [1.165, 1.54) is 0 Å². The summed E-state index contributed by atoms with van der Waals surface area (Å²) in [7, 11) is 0. The van der Waals surface area contributed by atoms with Gasteiger partial charge in [0.2, 0.25) is 0 Å². The molecule has 0 aromatic heterocycles. The minimum absolute atomic E-state index is 2.79. The Balaban J connectivity index is 4.89.